The predicted molar refractivity (Wildman–Crippen MR) is 102 cm³/mol. The van der Waals surface area contributed by atoms with Crippen LogP contribution >= 0.6 is 11.6 Å². The van der Waals surface area contributed by atoms with Gasteiger partial charge in [0.05, 0.1) is 4.90 Å². The topological polar surface area (TPSA) is 89.5 Å². The summed E-state index contributed by atoms with van der Waals surface area (Å²) >= 11 is 5.85. The van der Waals surface area contributed by atoms with E-state index in [-0.39, 0.29) is 27.4 Å². The molecule has 144 valence electrons. The molecule has 0 aliphatic heterocycles. The van der Waals surface area contributed by atoms with Crippen molar-refractivity contribution in [2.24, 2.45) is 5.92 Å². The molecule has 0 aromatic heterocycles. The van der Waals surface area contributed by atoms with Gasteiger partial charge < -0.3 is 4.74 Å². The number of Topliss-reactive ketones (excluding diaryl/α,β-unsaturated/α-hetero) is 1. The van der Waals surface area contributed by atoms with E-state index in [1.807, 2.05) is 0 Å². The zero-order valence-corrected chi connectivity index (χ0v) is 16.7. The summed E-state index contributed by atoms with van der Waals surface area (Å²) in [6.45, 7) is 4.83. The van der Waals surface area contributed by atoms with Crippen molar-refractivity contribution in [3.63, 3.8) is 0 Å². The Morgan fingerprint density at radius 1 is 1.07 bits per heavy atom. The van der Waals surface area contributed by atoms with E-state index in [0.717, 1.165) is 0 Å². The van der Waals surface area contributed by atoms with Gasteiger partial charge in [0.1, 0.15) is 11.8 Å². The third-order valence-electron chi connectivity index (χ3n) is 3.79. The summed E-state index contributed by atoms with van der Waals surface area (Å²) in [5, 5.41) is 0.270. The Morgan fingerprint density at radius 3 is 2.22 bits per heavy atom. The molecule has 0 unspecified atom stereocenters. The Morgan fingerprint density at radius 2 is 1.70 bits per heavy atom. The van der Waals surface area contributed by atoms with Crippen LogP contribution in [0, 0.1) is 5.92 Å². The Bertz CT molecular complexity index is 939. The first-order chi connectivity index (χ1) is 12.6. The van der Waals surface area contributed by atoms with Gasteiger partial charge in [-0.3, -0.25) is 4.79 Å². The maximum absolute atomic E-state index is 12.6. The molecule has 2 aromatic rings. The predicted octanol–water partition coefficient (Wildman–Crippen LogP) is 3.45. The molecular weight excluding hydrogens is 390 g/mol. The number of carbonyl (C=O) groups is 2. The number of ether oxygens (including phenoxy) is 1. The summed E-state index contributed by atoms with van der Waals surface area (Å²) in [7, 11) is -3.96. The lowest BCUT2D eigenvalue weighted by molar-refractivity contribution is -0.137. The van der Waals surface area contributed by atoms with Crippen LogP contribution in [-0.4, -0.2) is 26.2 Å². The third kappa shape index (κ3) is 5.63. The van der Waals surface area contributed by atoms with Crippen LogP contribution in [0.1, 0.15) is 31.1 Å². The SMILES string of the molecule is CC(=O)c1ccc(OC(=O)[C@@H](NS(=O)(=O)c2cccc(Cl)c2)C(C)C)cc1. The molecule has 0 spiro atoms. The lowest BCUT2D eigenvalue weighted by Gasteiger charge is -2.20. The number of sulfonamides is 1. The summed E-state index contributed by atoms with van der Waals surface area (Å²) in [6, 6.07) is 10.7. The molecule has 1 N–H and O–H groups in total. The largest absolute Gasteiger partial charge is 0.425 e. The zero-order valence-electron chi connectivity index (χ0n) is 15.1. The van der Waals surface area contributed by atoms with E-state index in [4.69, 9.17) is 16.3 Å². The summed E-state index contributed by atoms with van der Waals surface area (Å²) < 4.78 is 32.8. The van der Waals surface area contributed by atoms with Crippen molar-refractivity contribution >= 4 is 33.4 Å². The Hall–Kier alpha value is -2.22. The average Bonchev–Trinajstić information content (AvgIpc) is 2.60. The second-order valence-corrected chi connectivity index (χ2v) is 8.45. The van der Waals surface area contributed by atoms with Crippen molar-refractivity contribution in [3.05, 3.63) is 59.1 Å². The summed E-state index contributed by atoms with van der Waals surface area (Å²) in [5.74, 6) is -0.992. The molecule has 0 bridgehead atoms. The van der Waals surface area contributed by atoms with Gasteiger partial charge in [-0.25, -0.2) is 13.2 Å². The van der Waals surface area contributed by atoms with Crippen LogP contribution in [0.3, 0.4) is 0 Å². The van der Waals surface area contributed by atoms with E-state index in [2.05, 4.69) is 4.72 Å². The number of benzene rings is 2. The van der Waals surface area contributed by atoms with Crippen LogP contribution in [0.5, 0.6) is 5.75 Å². The molecule has 2 rings (SSSR count). The Labute approximate surface area is 163 Å². The molecule has 0 saturated heterocycles. The van der Waals surface area contributed by atoms with E-state index in [1.165, 1.54) is 49.4 Å². The minimum absolute atomic E-state index is 0.0424. The second kappa shape index (κ2) is 8.65. The van der Waals surface area contributed by atoms with Gasteiger partial charge in [-0.2, -0.15) is 4.72 Å². The van der Waals surface area contributed by atoms with Gasteiger partial charge in [0.2, 0.25) is 10.0 Å². The van der Waals surface area contributed by atoms with Crippen LogP contribution in [0.25, 0.3) is 0 Å². The van der Waals surface area contributed by atoms with Gasteiger partial charge in [-0.15, -0.1) is 0 Å². The van der Waals surface area contributed by atoms with Crippen molar-refractivity contribution in [1.82, 2.24) is 4.72 Å². The molecular formula is C19H20ClNO5S. The highest BCUT2D eigenvalue weighted by molar-refractivity contribution is 7.89. The molecule has 0 aliphatic carbocycles. The van der Waals surface area contributed by atoms with Crippen molar-refractivity contribution in [2.45, 2.75) is 31.7 Å². The minimum atomic E-state index is -3.96. The molecule has 0 fully saturated rings. The van der Waals surface area contributed by atoms with Gasteiger partial charge >= 0.3 is 5.97 Å². The van der Waals surface area contributed by atoms with Gasteiger partial charge in [-0.05, 0) is 55.3 Å². The van der Waals surface area contributed by atoms with Gasteiger partial charge in [0.25, 0.3) is 0 Å². The highest BCUT2D eigenvalue weighted by atomic mass is 35.5. The molecule has 8 heteroatoms. The van der Waals surface area contributed by atoms with E-state index in [1.54, 1.807) is 19.9 Å². The van der Waals surface area contributed by atoms with Crippen molar-refractivity contribution in [3.8, 4) is 5.75 Å². The van der Waals surface area contributed by atoms with Gasteiger partial charge in [0.15, 0.2) is 5.78 Å². The maximum atomic E-state index is 12.6. The van der Waals surface area contributed by atoms with Crippen LogP contribution in [-0.2, 0) is 14.8 Å². The first-order valence-corrected chi connectivity index (χ1v) is 10.1. The average molecular weight is 410 g/mol. The third-order valence-corrected chi connectivity index (χ3v) is 5.46. The van der Waals surface area contributed by atoms with Crippen molar-refractivity contribution in [1.29, 1.82) is 0 Å². The molecule has 0 amide bonds. The minimum Gasteiger partial charge on any atom is -0.425 e. The van der Waals surface area contributed by atoms with E-state index < -0.39 is 22.0 Å². The van der Waals surface area contributed by atoms with Gasteiger partial charge in [-0.1, -0.05) is 31.5 Å². The first kappa shape index (κ1) is 21.1. The normalized spacial score (nSPS) is 12.6. The molecule has 0 aliphatic rings. The van der Waals surface area contributed by atoms with E-state index >= 15 is 0 Å². The first-order valence-electron chi connectivity index (χ1n) is 8.21. The van der Waals surface area contributed by atoms with E-state index in [0.29, 0.717) is 5.56 Å². The lowest BCUT2D eigenvalue weighted by atomic mass is 10.1. The fourth-order valence-electron chi connectivity index (χ4n) is 2.26. The highest BCUT2D eigenvalue weighted by Gasteiger charge is 2.30. The zero-order chi connectivity index (χ0) is 20.2. The fourth-order valence-corrected chi connectivity index (χ4v) is 3.90. The number of hydrogen-bond acceptors (Lipinski definition) is 5. The molecule has 6 nitrogen and oxygen atoms in total. The molecule has 0 radical (unpaired) electrons. The van der Waals surface area contributed by atoms with Crippen LogP contribution in [0.2, 0.25) is 5.02 Å². The second-order valence-electron chi connectivity index (χ2n) is 6.30. The van der Waals surface area contributed by atoms with Crippen LogP contribution in [0.4, 0.5) is 0 Å². The number of rotatable bonds is 7. The summed E-state index contributed by atoms with van der Waals surface area (Å²) in [4.78, 5) is 23.8. The summed E-state index contributed by atoms with van der Waals surface area (Å²) in [6.07, 6.45) is 0. The molecule has 2 aromatic carbocycles. The number of hydrogen-bond donors (Lipinski definition) is 1. The quantitative estimate of drug-likeness (QED) is 0.429. The Balaban J connectivity index is 2.18. The number of halogens is 1. The van der Waals surface area contributed by atoms with Gasteiger partial charge in [0, 0.05) is 10.6 Å². The highest BCUT2D eigenvalue weighted by Crippen LogP contribution is 2.19. The standard InChI is InChI=1S/C19H20ClNO5S/c1-12(2)18(21-27(24,25)17-6-4-5-15(20)11-17)19(23)26-16-9-7-14(8-10-16)13(3)22/h4-12,18,21H,1-3H3/t18-/m0/s1. The van der Waals surface area contributed by atoms with Crippen LogP contribution in [0.15, 0.2) is 53.4 Å². The molecule has 1 atom stereocenters. The molecule has 0 heterocycles. The number of carbonyl (C=O) groups excluding carboxylic acids is 2. The van der Waals surface area contributed by atoms with Crippen LogP contribution < -0.4 is 9.46 Å². The monoisotopic (exact) mass is 409 g/mol. The molecule has 0 saturated carbocycles. The summed E-state index contributed by atoms with van der Waals surface area (Å²) in [5.41, 5.74) is 0.483. The molecule has 27 heavy (non-hydrogen) atoms. The number of nitrogens with one attached hydrogen (secondary N) is 1. The fraction of sp³-hybridized carbons (Fsp3) is 0.263. The van der Waals surface area contributed by atoms with Crippen molar-refractivity contribution < 1.29 is 22.7 Å². The maximum Gasteiger partial charge on any atom is 0.329 e. The number of ketones is 1. The smallest absolute Gasteiger partial charge is 0.329 e. The van der Waals surface area contributed by atoms with Crippen molar-refractivity contribution in [2.75, 3.05) is 0 Å². The lowest BCUT2D eigenvalue weighted by Crippen LogP contribution is -2.46. The van der Waals surface area contributed by atoms with E-state index in [9.17, 15) is 18.0 Å². The number of esters is 1. The Kier molecular flexibility index (Phi) is 6.75.